The molecule has 0 radical (unpaired) electrons. The number of hydrogen-bond acceptors (Lipinski definition) is 6. The number of anilines is 2. The molecule has 1 atom stereocenters. The van der Waals surface area contributed by atoms with Gasteiger partial charge in [-0.1, -0.05) is 24.3 Å². The third-order valence-corrected chi connectivity index (χ3v) is 5.23. The molecule has 0 spiro atoms. The topological polar surface area (TPSA) is 93.5 Å². The summed E-state index contributed by atoms with van der Waals surface area (Å²) in [4.78, 5) is 30.4. The van der Waals surface area contributed by atoms with Crippen LogP contribution in [0.25, 0.3) is 0 Å². The van der Waals surface area contributed by atoms with Crippen molar-refractivity contribution < 1.29 is 14.4 Å². The van der Waals surface area contributed by atoms with Crippen LogP contribution in [0.1, 0.15) is 50.4 Å². The second-order valence-electron chi connectivity index (χ2n) is 7.33. The molecule has 0 saturated heterocycles. The van der Waals surface area contributed by atoms with Crippen LogP contribution in [-0.4, -0.2) is 25.7 Å². The number of ketones is 2. The molecule has 0 aliphatic heterocycles. The van der Waals surface area contributed by atoms with Crippen molar-refractivity contribution in [1.29, 1.82) is 0 Å². The molecule has 3 aromatic rings. The Bertz CT molecular complexity index is 1060. The molecular formula is C25H27N3O3. The maximum Gasteiger partial charge on any atom is 0.167 e. The van der Waals surface area contributed by atoms with Crippen LogP contribution in [0.3, 0.4) is 0 Å². The van der Waals surface area contributed by atoms with E-state index in [4.69, 9.17) is 10.7 Å². The molecule has 0 aliphatic rings. The first-order chi connectivity index (χ1) is 14.9. The van der Waals surface area contributed by atoms with Crippen molar-refractivity contribution >= 4 is 22.9 Å². The van der Waals surface area contributed by atoms with Crippen molar-refractivity contribution in [3.8, 4) is 0 Å². The fourth-order valence-corrected chi connectivity index (χ4v) is 3.42. The molecule has 160 valence electrons. The van der Waals surface area contributed by atoms with Crippen LogP contribution in [0.4, 0.5) is 11.4 Å². The van der Waals surface area contributed by atoms with Crippen molar-refractivity contribution in [3.63, 3.8) is 0 Å². The van der Waals surface area contributed by atoms with Gasteiger partial charge >= 0.3 is 0 Å². The number of rotatable bonds is 9. The minimum atomic E-state index is -0.605. The van der Waals surface area contributed by atoms with Gasteiger partial charge in [-0.15, -0.1) is 0 Å². The molecule has 3 rings (SSSR count). The average molecular weight is 418 g/mol. The molecule has 0 aliphatic carbocycles. The predicted molar refractivity (Wildman–Crippen MR) is 124 cm³/mol. The minimum absolute atomic E-state index is 0.0807. The van der Waals surface area contributed by atoms with Gasteiger partial charge in [0.25, 0.3) is 0 Å². The van der Waals surface area contributed by atoms with E-state index in [0.29, 0.717) is 16.7 Å². The highest BCUT2D eigenvalue weighted by Crippen LogP contribution is 2.28. The second kappa shape index (κ2) is 10.0. The third-order valence-electron chi connectivity index (χ3n) is 5.23. The maximum absolute atomic E-state index is 13.0. The van der Waals surface area contributed by atoms with E-state index in [0.717, 1.165) is 22.5 Å². The zero-order valence-corrected chi connectivity index (χ0v) is 17.9. The highest BCUT2D eigenvalue weighted by molar-refractivity contribution is 6.01. The summed E-state index contributed by atoms with van der Waals surface area (Å²) in [6.07, 6.45) is -0.373. The van der Waals surface area contributed by atoms with E-state index in [1.807, 2.05) is 62.6 Å². The lowest BCUT2D eigenvalue weighted by atomic mass is 9.93. The smallest absolute Gasteiger partial charge is 0.167 e. The predicted octanol–water partition coefficient (Wildman–Crippen LogP) is 4.38. The maximum atomic E-state index is 13.0. The summed E-state index contributed by atoms with van der Waals surface area (Å²) in [7, 11) is 3.68. The first-order valence-corrected chi connectivity index (χ1v) is 10.0. The van der Waals surface area contributed by atoms with Gasteiger partial charge in [0.1, 0.15) is 6.10 Å². The molecule has 0 saturated carbocycles. The Labute approximate surface area is 182 Å². The van der Waals surface area contributed by atoms with Crippen LogP contribution in [0, 0.1) is 0 Å². The van der Waals surface area contributed by atoms with Gasteiger partial charge in [0.05, 0.1) is 0 Å². The van der Waals surface area contributed by atoms with Gasteiger partial charge < -0.3 is 10.6 Å². The molecular weight excluding hydrogens is 390 g/mol. The lowest BCUT2D eigenvalue weighted by molar-refractivity contribution is 0.0811. The van der Waals surface area contributed by atoms with Gasteiger partial charge in [-0.25, -0.2) is 5.90 Å². The van der Waals surface area contributed by atoms with E-state index in [9.17, 15) is 9.59 Å². The number of carbonyl (C=O) groups is 2. The second-order valence-corrected chi connectivity index (χ2v) is 7.33. The third kappa shape index (κ3) is 5.36. The first-order valence-electron chi connectivity index (χ1n) is 10.0. The van der Waals surface area contributed by atoms with Gasteiger partial charge in [-0.05, 0) is 66.1 Å². The van der Waals surface area contributed by atoms with Gasteiger partial charge in [-0.2, -0.15) is 0 Å². The van der Waals surface area contributed by atoms with Crippen LogP contribution >= 0.6 is 0 Å². The minimum Gasteiger partial charge on any atom is -0.388 e. The molecule has 3 aromatic carbocycles. The monoisotopic (exact) mass is 417 g/mol. The molecule has 31 heavy (non-hydrogen) atoms. The van der Waals surface area contributed by atoms with Gasteiger partial charge in [0.2, 0.25) is 0 Å². The zero-order valence-electron chi connectivity index (χ0n) is 17.9. The Hall–Kier alpha value is -3.48. The fourth-order valence-electron chi connectivity index (χ4n) is 3.42. The normalized spacial score (nSPS) is 11.6. The van der Waals surface area contributed by atoms with E-state index in [1.54, 1.807) is 18.2 Å². The Morgan fingerprint density at radius 3 is 1.90 bits per heavy atom. The number of carbonyl (C=O) groups excluding carboxylic acids is 2. The largest absolute Gasteiger partial charge is 0.388 e. The summed E-state index contributed by atoms with van der Waals surface area (Å²) in [6, 6.07) is 20.4. The number of nitrogens with one attached hydrogen (secondary N) is 2. The summed E-state index contributed by atoms with van der Waals surface area (Å²) in [5, 5.41) is 6.12. The highest BCUT2D eigenvalue weighted by atomic mass is 16.6. The molecule has 0 aromatic heterocycles. The summed E-state index contributed by atoms with van der Waals surface area (Å²) < 4.78 is 0. The summed E-state index contributed by atoms with van der Waals surface area (Å²) >= 11 is 0. The van der Waals surface area contributed by atoms with Crippen LogP contribution in [0.2, 0.25) is 0 Å². The Morgan fingerprint density at radius 1 is 0.839 bits per heavy atom. The van der Waals surface area contributed by atoms with E-state index < -0.39 is 6.10 Å². The van der Waals surface area contributed by atoms with E-state index in [2.05, 4.69) is 10.6 Å². The van der Waals surface area contributed by atoms with Gasteiger partial charge in [-0.3, -0.25) is 14.4 Å². The summed E-state index contributed by atoms with van der Waals surface area (Å²) in [5.74, 6) is 5.41. The Kier molecular flexibility index (Phi) is 7.18. The van der Waals surface area contributed by atoms with Crippen molar-refractivity contribution in [3.05, 3.63) is 94.5 Å². The molecule has 6 nitrogen and oxygen atoms in total. The van der Waals surface area contributed by atoms with Crippen molar-refractivity contribution in [2.24, 2.45) is 5.90 Å². The van der Waals surface area contributed by atoms with E-state index >= 15 is 0 Å². The lowest BCUT2D eigenvalue weighted by Crippen LogP contribution is -2.14. The molecule has 0 amide bonds. The number of benzene rings is 3. The quantitative estimate of drug-likeness (QED) is 0.353. The first kappa shape index (κ1) is 22.2. The fraction of sp³-hybridized carbons (Fsp3) is 0.200. The highest BCUT2D eigenvalue weighted by Gasteiger charge is 2.19. The molecule has 0 bridgehead atoms. The summed E-state index contributed by atoms with van der Waals surface area (Å²) in [6.45, 7) is 1.48. The van der Waals surface area contributed by atoms with Crippen molar-refractivity contribution in [1.82, 2.24) is 0 Å². The van der Waals surface area contributed by atoms with Crippen molar-refractivity contribution in [2.75, 3.05) is 24.7 Å². The number of nitrogens with two attached hydrogens (primary N) is 1. The van der Waals surface area contributed by atoms with Crippen LogP contribution in [0.5, 0.6) is 0 Å². The lowest BCUT2D eigenvalue weighted by Gasteiger charge is -2.18. The molecule has 6 heteroatoms. The molecule has 0 heterocycles. The number of hydrogen-bond donors (Lipinski definition) is 3. The Morgan fingerprint density at radius 2 is 1.39 bits per heavy atom. The number of Topliss-reactive ketones (excluding diaryl/α,β-unsaturated/α-hetero) is 2. The summed E-state index contributed by atoms with van der Waals surface area (Å²) in [5.41, 5.74) is 5.20. The van der Waals surface area contributed by atoms with Gasteiger partial charge in [0.15, 0.2) is 11.6 Å². The van der Waals surface area contributed by atoms with Crippen LogP contribution in [0.15, 0.2) is 66.7 Å². The van der Waals surface area contributed by atoms with Crippen LogP contribution < -0.4 is 16.5 Å². The van der Waals surface area contributed by atoms with Crippen LogP contribution in [-0.2, 0) is 11.3 Å². The standard InChI is InChI=1S/C25H27N3O3/c1-16(29)19-13-20(24(30)12-17-4-8-22(27-2)9-5-17)15-21(14-19)25(31-26)18-6-10-23(28-3)11-7-18/h4-11,13-15,25,27-28H,12,26H2,1-3H3. The van der Waals surface area contributed by atoms with E-state index in [-0.39, 0.29) is 18.0 Å². The molecule has 4 N–H and O–H groups in total. The van der Waals surface area contributed by atoms with Gasteiger partial charge in [0, 0.05) is 43.0 Å². The molecule has 0 fully saturated rings. The van der Waals surface area contributed by atoms with E-state index in [1.165, 1.54) is 6.92 Å². The molecule has 1 unspecified atom stereocenters. The SMILES string of the molecule is CNc1ccc(CC(=O)c2cc(C(C)=O)cc(C(ON)c3ccc(NC)cc3)c2)cc1. The average Bonchev–Trinajstić information content (AvgIpc) is 2.80. The Balaban J connectivity index is 1.95. The zero-order chi connectivity index (χ0) is 22.4. The van der Waals surface area contributed by atoms with Crippen molar-refractivity contribution in [2.45, 2.75) is 19.4 Å².